The summed E-state index contributed by atoms with van der Waals surface area (Å²) in [6, 6.07) is 5.21. The number of alkyl halides is 3. The van der Waals surface area contributed by atoms with Gasteiger partial charge in [-0.3, -0.25) is 14.7 Å². The Hall–Kier alpha value is -2.29. The monoisotopic (exact) mass is 399 g/mol. The summed E-state index contributed by atoms with van der Waals surface area (Å²) in [5.41, 5.74) is 0.199. The van der Waals surface area contributed by atoms with Crippen molar-refractivity contribution in [1.82, 2.24) is 20.4 Å². The van der Waals surface area contributed by atoms with Crippen molar-refractivity contribution in [2.45, 2.75) is 19.5 Å². The Morgan fingerprint density at radius 3 is 2.21 bits per heavy atom. The molecule has 0 aromatic heterocycles. The fraction of sp³-hybridized carbons (Fsp3) is 0.579. The minimum atomic E-state index is -4.30. The maximum atomic E-state index is 12.6. The van der Waals surface area contributed by atoms with Crippen molar-refractivity contribution in [3.05, 3.63) is 35.4 Å². The maximum Gasteiger partial charge on any atom is 0.416 e. The molecule has 1 aliphatic rings. The molecule has 2 rings (SSSR count). The molecule has 6 nitrogen and oxygen atoms in total. The van der Waals surface area contributed by atoms with Crippen molar-refractivity contribution in [1.29, 1.82) is 0 Å². The van der Waals surface area contributed by atoms with Gasteiger partial charge in [0, 0.05) is 59.8 Å². The van der Waals surface area contributed by atoms with E-state index in [0.29, 0.717) is 18.9 Å². The third-order valence-corrected chi connectivity index (χ3v) is 4.75. The van der Waals surface area contributed by atoms with Gasteiger partial charge in [-0.2, -0.15) is 13.2 Å². The lowest BCUT2D eigenvalue weighted by atomic mass is 10.1. The Morgan fingerprint density at radius 1 is 1.07 bits per heavy atom. The van der Waals surface area contributed by atoms with Crippen LogP contribution < -0.4 is 10.6 Å². The average molecular weight is 399 g/mol. The number of carbonyl (C=O) groups is 1. The number of guanidine groups is 1. The van der Waals surface area contributed by atoms with Gasteiger partial charge in [0.05, 0.1) is 5.56 Å². The average Bonchev–Trinajstić information content (AvgIpc) is 2.67. The van der Waals surface area contributed by atoms with Gasteiger partial charge in [-0.25, -0.2) is 0 Å². The molecular formula is C19H28F3N5O. The van der Waals surface area contributed by atoms with Crippen LogP contribution in [0.2, 0.25) is 0 Å². The van der Waals surface area contributed by atoms with Crippen LogP contribution in [0.1, 0.15) is 18.1 Å². The van der Waals surface area contributed by atoms with Gasteiger partial charge in [-0.15, -0.1) is 0 Å². The number of nitrogens with one attached hydrogen (secondary N) is 2. The van der Waals surface area contributed by atoms with E-state index in [0.717, 1.165) is 57.0 Å². The molecule has 1 aliphatic heterocycles. The number of hydrogen-bond acceptors (Lipinski definition) is 3. The van der Waals surface area contributed by atoms with Crippen molar-refractivity contribution in [2.24, 2.45) is 4.99 Å². The third-order valence-electron chi connectivity index (χ3n) is 4.75. The zero-order valence-electron chi connectivity index (χ0n) is 16.4. The van der Waals surface area contributed by atoms with E-state index < -0.39 is 11.7 Å². The van der Waals surface area contributed by atoms with Crippen molar-refractivity contribution in [3.63, 3.8) is 0 Å². The van der Waals surface area contributed by atoms with Crippen molar-refractivity contribution in [2.75, 3.05) is 52.9 Å². The van der Waals surface area contributed by atoms with Crippen LogP contribution in [0.5, 0.6) is 0 Å². The van der Waals surface area contributed by atoms with Crippen molar-refractivity contribution < 1.29 is 18.0 Å². The van der Waals surface area contributed by atoms with E-state index in [2.05, 4.69) is 20.5 Å². The van der Waals surface area contributed by atoms with E-state index in [1.54, 1.807) is 14.0 Å². The van der Waals surface area contributed by atoms with E-state index in [9.17, 15) is 18.0 Å². The van der Waals surface area contributed by atoms with E-state index in [4.69, 9.17) is 0 Å². The molecule has 1 amide bonds. The number of benzene rings is 1. The molecule has 9 heteroatoms. The number of carbonyl (C=O) groups excluding carboxylic acids is 1. The second-order valence-electron chi connectivity index (χ2n) is 6.72. The molecule has 0 atom stereocenters. The molecule has 0 spiro atoms. The normalized spacial score (nSPS) is 16.2. The quantitative estimate of drug-likeness (QED) is 0.563. The van der Waals surface area contributed by atoms with Gasteiger partial charge in [0.1, 0.15) is 0 Å². The highest BCUT2D eigenvalue weighted by atomic mass is 19.4. The molecule has 0 radical (unpaired) electrons. The Kier molecular flexibility index (Phi) is 8.10. The number of rotatable bonds is 6. The maximum absolute atomic E-state index is 12.6. The second-order valence-corrected chi connectivity index (χ2v) is 6.72. The number of piperazine rings is 1. The summed E-state index contributed by atoms with van der Waals surface area (Å²) < 4.78 is 37.7. The number of aliphatic imine (C=N–C) groups is 1. The first-order chi connectivity index (χ1) is 13.3. The lowest BCUT2D eigenvalue weighted by molar-refractivity contribution is -0.137. The fourth-order valence-electron chi connectivity index (χ4n) is 3.03. The summed E-state index contributed by atoms with van der Waals surface area (Å²) in [4.78, 5) is 19.6. The number of amides is 1. The predicted octanol–water partition coefficient (Wildman–Crippen LogP) is 1.58. The van der Waals surface area contributed by atoms with Crippen LogP contribution in [0.25, 0.3) is 0 Å². The SMILES string of the molecule is CN=C(NCCc1ccc(C(F)(F)F)cc1)NCCN1CCN(C(C)=O)CC1. The van der Waals surface area contributed by atoms with Gasteiger partial charge in [0.2, 0.25) is 5.91 Å². The van der Waals surface area contributed by atoms with Crippen LogP contribution in [0.15, 0.2) is 29.3 Å². The van der Waals surface area contributed by atoms with Crippen molar-refractivity contribution in [3.8, 4) is 0 Å². The molecule has 1 fully saturated rings. The molecule has 28 heavy (non-hydrogen) atoms. The van der Waals surface area contributed by atoms with Gasteiger partial charge >= 0.3 is 6.18 Å². The highest BCUT2D eigenvalue weighted by Gasteiger charge is 2.29. The number of nitrogens with zero attached hydrogens (tertiary/aromatic N) is 3. The molecular weight excluding hydrogens is 371 g/mol. The highest BCUT2D eigenvalue weighted by molar-refractivity contribution is 5.79. The van der Waals surface area contributed by atoms with Crippen LogP contribution in [-0.2, 0) is 17.4 Å². The highest BCUT2D eigenvalue weighted by Crippen LogP contribution is 2.29. The van der Waals surface area contributed by atoms with Gasteiger partial charge in [-0.1, -0.05) is 12.1 Å². The van der Waals surface area contributed by atoms with Crippen LogP contribution >= 0.6 is 0 Å². The predicted molar refractivity (Wildman–Crippen MR) is 103 cm³/mol. The van der Waals surface area contributed by atoms with E-state index >= 15 is 0 Å². The molecule has 0 unspecified atom stereocenters. The first-order valence-electron chi connectivity index (χ1n) is 9.38. The molecule has 1 aromatic rings. The van der Waals surface area contributed by atoms with E-state index in [1.807, 2.05) is 4.90 Å². The largest absolute Gasteiger partial charge is 0.416 e. The standard InChI is InChI=1S/C19H28F3N5O/c1-15(28)27-13-11-26(12-14-27)10-9-25-18(23-2)24-8-7-16-3-5-17(6-4-16)19(20,21)22/h3-6H,7-14H2,1-2H3,(H2,23,24,25). The van der Waals surface area contributed by atoms with Crippen LogP contribution in [0.3, 0.4) is 0 Å². The summed E-state index contributed by atoms with van der Waals surface area (Å²) in [5, 5.41) is 6.40. The number of halogens is 3. The van der Waals surface area contributed by atoms with Crippen molar-refractivity contribution >= 4 is 11.9 Å². The van der Waals surface area contributed by atoms with E-state index in [1.165, 1.54) is 12.1 Å². The van der Waals surface area contributed by atoms with Gasteiger partial charge < -0.3 is 15.5 Å². The summed E-state index contributed by atoms with van der Waals surface area (Å²) in [7, 11) is 1.68. The molecule has 0 bridgehead atoms. The summed E-state index contributed by atoms with van der Waals surface area (Å²) in [5.74, 6) is 0.782. The molecule has 1 saturated heterocycles. The van der Waals surface area contributed by atoms with Crippen LogP contribution in [0, 0.1) is 0 Å². The zero-order chi connectivity index (χ0) is 20.6. The minimum Gasteiger partial charge on any atom is -0.356 e. The Labute approximate surface area is 163 Å². The summed E-state index contributed by atoms with van der Waals surface area (Å²) in [6.07, 6.45) is -3.70. The fourth-order valence-corrected chi connectivity index (χ4v) is 3.03. The Morgan fingerprint density at radius 2 is 1.68 bits per heavy atom. The van der Waals surface area contributed by atoms with Gasteiger partial charge in [0.25, 0.3) is 0 Å². The smallest absolute Gasteiger partial charge is 0.356 e. The molecule has 156 valence electrons. The Bertz CT molecular complexity index is 653. The summed E-state index contributed by atoms with van der Waals surface area (Å²) >= 11 is 0. The molecule has 0 saturated carbocycles. The number of hydrogen-bond donors (Lipinski definition) is 2. The molecule has 2 N–H and O–H groups in total. The van der Waals surface area contributed by atoms with Gasteiger partial charge in [-0.05, 0) is 24.1 Å². The van der Waals surface area contributed by atoms with Gasteiger partial charge in [0.15, 0.2) is 5.96 Å². The molecule has 1 aromatic carbocycles. The topological polar surface area (TPSA) is 60.0 Å². The van der Waals surface area contributed by atoms with E-state index in [-0.39, 0.29) is 5.91 Å². The zero-order valence-corrected chi connectivity index (χ0v) is 16.4. The van der Waals surface area contributed by atoms with Crippen LogP contribution in [-0.4, -0.2) is 74.5 Å². The third kappa shape index (κ3) is 7.03. The summed E-state index contributed by atoms with van der Waals surface area (Å²) in [6.45, 7) is 6.98. The lowest BCUT2D eigenvalue weighted by Gasteiger charge is -2.34. The molecule has 1 heterocycles. The Balaban J connectivity index is 1.64. The second kappa shape index (κ2) is 10.3. The first-order valence-corrected chi connectivity index (χ1v) is 9.38. The minimum absolute atomic E-state index is 0.121. The lowest BCUT2D eigenvalue weighted by Crippen LogP contribution is -2.50. The molecule has 0 aliphatic carbocycles. The van der Waals surface area contributed by atoms with Crippen LogP contribution in [0.4, 0.5) is 13.2 Å². The first kappa shape index (κ1) is 22.0.